The maximum Gasteiger partial charge on any atom is 0.251 e. The molecular formula is C16H28ClN3O4. The molecule has 3 aliphatic heterocycles. The number of carbonyl (C=O) groups excluding carboxylic acids is 2. The summed E-state index contributed by atoms with van der Waals surface area (Å²) < 4.78 is 10.8. The fourth-order valence-electron chi connectivity index (χ4n) is 3.61. The van der Waals surface area contributed by atoms with E-state index in [4.69, 9.17) is 15.2 Å². The fourth-order valence-corrected chi connectivity index (χ4v) is 3.61. The maximum atomic E-state index is 12.6. The van der Waals surface area contributed by atoms with E-state index < -0.39 is 6.04 Å². The van der Waals surface area contributed by atoms with E-state index in [0.29, 0.717) is 46.0 Å². The van der Waals surface area contributed by atoms with E-state index in [9.17, 15) is 9.59 Å². The van der Waals surface area contributed by atoms with E-state index in [1.165, 1.54) is 0 Å². The van der Waals surface area contributed by atoms with Gasteiger partial charge >= 0.3 is 0 Å². The van der Waals surface area contributed by atoms with Crippen molar-refractivity contribution in [3.63, 3.8) is 0 Å². The zero-order valence-corrected chi connectivity index (χ0v) is 14.8. The van der Waals surface area contributed by atoms with Crippen molar-refractivity contribution >= 4 is 24.2 Å². The summed E-state index contributed by atoms with van der Waals surface area (Å²) >= 11 is 0. The van der Waals surface area contributed by atoms with Crippen LogP contribution in [0.25, 0.3) is 0 Å². The highest BCUT2D eigenvalue weighted by molar-refractivity contribution is 5.85. The molecule has 0 spiro atoms. The number of halogens is 1. The molecule has 2 amide bonds. The van der Waals surface area contributed by atoms with Gasteiger partial charge in [0.1, 0.15) is 6.10 Å². The number of nitrogens with two attached hydrogens (primary N) is 1. The van der Waals surface area contributed by atoms with Crippen molar-refractivity contribution in [2.75, 3.05) is 46.0 Å². The van der Waals surface area contributed by atoms with Crippen molar-refractivity contribution in [3.05, 3.63) is 0 Å². The van der Waals surface area contributed by atoms with E-state index in [-0.39, 0.29) is 36.2 Å². The first-order valence-electron chi connectivity index (χ1n) is 8.69. The Morgan fingerprint density at radius 3 is 2.17 bits per heavy atom. The molecule has 0 saturated carbocycles. The number of amides is 2. The zero-order valence-electron chi connectivity index (χ0n) is 14.0. The minimum absolute atomic E-state index is 0. The molecule has 0 aliphatic carbocycles. The Hall–Kier alpha value is -0.890. The molecule has 138 valence electrons. The van der Waals surface area contributed by atoms with Crippen molar-refractivity contribution < 1.29 is 19.1 Å². The topological polar surface area (TPSA) is 85.1 Å². The Morgan fingerprint density at radius 2 is 1.58 bits per heavy atom. The van der Waals surface area contributed by atoms with Crippen LogP contribution in [0.3, 0.4) is 0 Å². The van der Waals surface area contributed by atoms with Crippen molar-refractivity contribution in [2.45, 2.75) is 37.8 Å². The molecule has 3 fully saturated rings. The number of rotatable bonds is 3. The Kier molecular flexibility index (Phi) is 7.28. The van der Waals surface area contributed by atoms with E-state index in [1.54, 1.807) is 4.90 Å². The molecule has 3 rings (SSSR count). The first kappa shape index (κ1) is 19.4. The second-order valence-corrected chi connectivity index (χ2v) is 6.63. The second kappa shape index (κ2) is 8.99. The average Bonchev–Trinajstić information content (AvgIpc) is 3.15. The lowest BCUT2D eigenvalue weighted by Crippen LogP contribution is -2.57. The standard InChI is InChI=1S/C16H27N3O4.ClH/c17-14(12-3-10-22-11-4-12)16(21)19-7-5-18(6-8-19)15(20)13-2-1-9-23-13;/h12-14H,1-11,17H2;1H. The first-order chi connectivity index (χ1) is 11.2. The van der Waals surface area contributed by atoms with Gasteiger partial charge in [0.2, 0.25) is 5.91 Å². The maximum absolute atomic E-state index is 12.6. The van der Waals surface area contributed by atoms with Crippen LogP contribution in [0.5, 0.6) is 0 Å². The van der Waals surface area contributed by atoms with Gasteiger partial charge in [-0.15, -0.1) is 12.4 Å². The van der Waals surface area contributed by atoms with Crippen molar-refractivity contribution in [1.29, 1.82) is 0 Å². The summed E-state index contributed by atoms with van der Waals surface area (Å²) in [5.41, 5.74) is 6.17. The third kappa shape index (κ3) is 4.39. The predicted molar refractivity (Wildman–Crippen MR) is 90.9 cm³/mol. The minimum Gasteiger partial charge on any atom is -0.381 e. The number of hydrogen-bond acceptors (Lipinski definition) is 5. The lowest BCUT2D eigenvalue weighted by molar-refractivity contribution is -0.147. The number of piperazine rings is 1. The van der Waals surface area contributed by atoms with Gasteiger partial charge in [-0.2, -0.15) is 0 Å². The number of hydrogen-bond donors (Lipinski definition) is 1. The van der Waals surface area contributed by atoms with Gasteiger partial charge in [-0.25, -0.2) is 0 Å². The highest BCUT2D eigenvalue weighted by atomic mass is 35.5. The summed E-state index contributed by atoms with van der Waals surface area (Å²) in [4.78, 5) is 28.5. The van der Waals surface area contributed by atoms with E-state index >= 15 is 0 Å². The molecule has 0 aromatic carbocycles. The fraction of sp³-hybridized carbons (Fsp3) is 0.875. The SMILES string of the molecule is Cl.NC(C(=O)N1CCN(C(=O)C2CCCO2)CC1)C1CCOCC1. The molecule has 0 aromatic rings. The average molecular weight is 362 g/mol. The second-order valence-electron chi connectivity index (χ2n) is 6.63. The highest BCUT2D eigenvalue weighted by Crippen LogP contribution is 2.20. The third-order valence-electron chi connectivity index (χ3n) is 5.17. The number of carbonyl (C=O) groups is 2. The molecule has 0 radical (unpaired) electrons. The summed E-state index contributed by atoms with van der Waals surface area (Å²) in [5, 5.41) is 0. The molecule has 2 atom stereocenters. The molecule has 0 aromatic heterocycles. The van der Waals surface area contributed by atoms with Crippen molar-refractivity contribution in [3.8, 4) is 0 Å². The predicted octanol–water partition coefficient (Wildman–Crippen LogP) is 0.0119. The Bertz CT molecular complexity index is 431. The molecule has 3 aliphatic rings. The van der Waals surface area contributed by atoms with Crippen LogP contribution in [0.1, 0.15) is 25.7 Å². The lowest BCUT2D eigenvalue weighted by atomic mass is 9.91. The van der Waals surface area contributed by atoms with Crippen molar-refractivity contribution in [1.82, 2.24) is 9.80 Å². The van der Waals surface area contributed by atoms with Gasteiger partial charge in [0.15, 0.2) is 0 Å². The van der Waals surface area contributed by atoms with Gasteiger partial charge in [0, 0.05) is 46.0 Å². The van der Waals surface area contributed by atoms with Crippen LogP contribution < -0.4 is 5.73 Å². The van der Waals surface area contributed by atoms with Gasteiger partial charge in [0.25, 0.3) is 5.91 Å². The van der Waals surface area contributed by atoms with Gasteiger partial charge < -0.3 is 25.0 Å². The van der Waals surface area contributed by atoms with Crippen molar-refractivity contribution in [2.24, 2.45) is 11.7 Å². The Labute approximate surface area is 149 Å². The quantitative estimate of drug-likeness (QED) is 0.765. The lowest BCUT2D eigenvalue weighted by Gasteiger charge is -2.38. The Morgan fingerprint density at radius 1 is 0.958 bits per heavy atom. The third-order valence-corrected chi connectivity index (χ3v) is 5.17. The smallest absolute Gasteiger partial charge is 0.251 e. The van der Waals surface area contributed by atoms with E-state index in [2.05, 4.69) is 0 Å². The van der Waals surface area contributed by atoms with Crippen LogP contribution in [0, 0.1) is 5.92 Å². The summed E-state index contributed by atoms with van der Waals surface area (Å²) in [6.07, 6.45) is 3.19. The normalized spacial score (nSPS) is 26.8. The zero-order chi connectivity index (χ0) is 16.2. The molecule has 3 heterocycles. The highest BCUT2D eigenvalue weighted by Gasteiger charge is 2.34. The Balaban J connectivity index is 0.00000208. The van der Waals surface area contributed by atoms with Crippen LogP contribution in [-0.4, -0.2) is 79.8 Å². The van der Waals surface area contributed by atoms with Gasteiger partial charge in [-0.05, 0) is 31.6 Å². The number of nitrogens with zero attached hydrogens (tertiary/aromatic N) is 2. The van der Waals surface area contributed by atoms with Crippen LogP contribution in [0.2, 0.25) is 0 Å². The van der Waals surface area contributed by atoms with Gasteiger partial charge in [-0.1, -0.05) is 0 Å². The van der Waals surface area contributed by atoms with E-state index in [1.807, 2.05) is 4.90 Å². The van der Waals surface area contributed by atoms with Gasteiger partial charge in [0.05, 0.1) is 6.04 Å². The van der Waals surface area contributed by atoms with Gasteiger partial charge in [-0.3, -0.25) is 9.59 Å². The summed E-state index contributed by atoms with van der Waals surface area (Å²) in [6, 6.07) is -0.445. The number of ether oxygens (including phenoxy) is 2. The molecule has 0 bridgehead atoms. The molecular weight excluding hydrogens is 334 g/mol. The van der Waals surface area contributed by atoms with E-state index in [0.717, 1.165) is 25.7 Å². The largest absolute Gasteiger partial charge is 0.381 e. The van der Waals surface area contributed by atoms with Crippen LogP contribution >= 0.6 is 12.4 Å². The van der Waals surface area contributed by atoms with Crippen LogP contribution in [0.15, 0.2) is 0 Å². The first-order valence-corrected chi connectivity index (χ1v) is 8.69. The molecule has 2 unspecified atom stereocenters. The summed E-state index contributed by atoms with van der Waals surface area (Å²) in [7, 11) is 0. The molecule has 7 nitrogen and oxygen atoms in total. The van der Waals surface area contributed by atoms with Crippen LogP contribution in [-0.2, 0) is 19.1 Å². The monoisotopic (exact) mass is 361 g/mol. The minimum atomic E-state index is -0.445. The summed E-state index contributed by atoms with van der Waals surface area (Å²) in [6.45, 7) is 4.33. The molecule has 8 heteroatoms. The van der Waals surface area contributed by atoms with Crippen LogP contribution in [0.4, 0.5) is 0 Å². The molecule has 24 heavy (non-hydrogen) atoms. The summed E-state index contributed by atoms with van der Waals surface area (Å²) in [5.74, 6) is 0.298. The molecule has 3 saturated heterocycles. The molecule has 2 N–H and O–H groups in total.